The topological polar surface area (TPSA) is 32.5 Å². The van der Waals surface area contributed by atoms with E-state index in [-0.39, 0.29) is 0 Å². The minimum atomic E-state index is 0.675. The molecule has 0 aromatic heterocycles. The van der Waals surface area contributed by atoms with Crippen LogP contribution in [0, 0.1) is 11.8 Å². The Morgan fingerprint density at radius 2 is 1.56 bits per heavy atom. The summed E-state index contributed by atoms with van der Waals surface area (Å²) >= 11 is 0. The van der Waals surface area contributed by atoms with Crippen LogP contribution in [0.2, 0.25) is 0 Å². The van der Waals surface area contributed by atoms with Crippen LogP contribution in [0.4, 0.5) is 0 Å². The monoisotopic (exact) mass is 227 g/mol. The lowest BCUT2D eigenvalue weighted by molar-refractivity contribution is 0.118. The number of rotatable bonds is 6. The second-order valence-electron chi connectivity index (χ2n) is 5.67. The first-order valence-corrected chi connectivity index (χ1v) is 6.76. The molecule has 0 aromatic carbocycles. The van der Waals surface area contributed by atoms with Gasteiger partial charge < -0.3 is 15.5 Å². The van der Waals surface area contributed by atoms with E-state index in [0.29, 0.717) is 5.92 Å². The predicted molar refractivity (Wildman–Crippen MR) is 70.6 cm³/mol. The van der Waals surface area contributed by atoms with E-state index in [9.17, 15) is 0 Å². The highest BCUT2D eigenvalue weighted by atomic mass is 15.3. The molecule has 0 spiro atoms. The van der Waals surface area contributed by atoms with E-state index < -0.39 is 0 Å². The van der Waals surface area contributed by atoms with Crippen LogP contribution < -0.4 is 5.73 Å². The zero-order valence-electron chi connectivity index (χ0n) is 11.3. The fourth-order valence-corrected chi connectivity index (χ4v) is 2.23. The number of nitrogens with zero attached hydrogens (tertiary/aromatic N) is 2. The second kappa shape index (κ2) is 7.25. The molecule has 2 N–H and O–H groups in total. The number of piperazine rings is 1. The molecular formula is C13H29N3. The SMILES string of the molecule is CC(C)CN1CCN(CCC(C)CN)CC1. The maximum Gasteiger partial charge on any atom is 0.0110 e. The van der Waals surface area contributed by atoms with Crippen LogP contribution in [0.25, 0.3) is 0 Å². The van der Waals surface area contributed by atoms with Crippen molar-refractivity contribution in [2.45, 2.75) is 27.2 Å². The molecule has 0 bridgehead atoms. The number of nitrogens with two attached hydrogens (primary N) is 1. The zero-order valence-corrected chi connectivity index (χ0v) is 11.3. The maximum absolute atomic E-state index is 5.64. The van der Waals surface area contributed by atoms with Gasteiger partial charge in [-0.3, -0.25) is 0 Å². The van der Waals surface area contributed by atoms with E-state index in [1.165, 1.54) is 45.7 Å². The van der Waals surface area contributed by atoms with Gasteiger partial charge in [0.1, 0.15) is 0 Å². The van der Waals surface area contributed by atoms with Gasteiger partial charge in [0.25, 0.3) is 0 Å². The molecule has 1 heterocycles. The Labute approximate surface area is 101 Å². The summed E-state index contributed by atoms with van der Waals surface area (Å²) in [4.78, 5) is 5.18. The summed E-state index contributed by atoms with van der Waals surface area (Å²) in [6, 6.07) is 0. The molecule has 0 amide bonds. The third-order valence-electron chi connectivity index (χ3n) is 3.43. The normalized spacial score (nSPS) is 21.6. The average Bonchev–Trinajstić information content (AvgIpc) is 2.27. The van der Waals surface area contributed by atoms with Gasteiger partial charge in [0, 0.05) is 32.7 Å². The molecule has 3 heteroatoms. The Kier molecular flexibility index (Phi) is 6.32. The lowest BCUT2D eigenvalue weighted by Crippen LogP contribution is -2.47. The average molecular weight is 227 g/mol. The van der Waals surface area contributed by atoms with Crippen LogP contribution in [0.15, 0.2) is 0 Å². The van der Waals surface area contributed by atoms with E-state index in [0.717, 1.165) is 12.5 Å². The number of hydrogen-bond donors (Lipinski definition) is 1. The summed E-state index contributed by atoms with van der Waals surface area (Å²) in [6.45, 7) is 15.1. The van der Waals surface area contributed by atoms with Gasteiger partial charge in [-0.2, -0.15) is 0 Å². The van der Waals surface area contributed by atoms with Gasteiger partial charge in [-0.15, -0.1) is 0 Å². The smallest absolute Gasteiger partial charge is 0.0110 e. The first-order chi connectivity index (χ1) is 7.61. The largest absolute Gasteiger partial charge is 0.330 e. The summed E-state index contributed by atoms with van der Waals surface area (Å²) in [7, 11) is 0. The molecule has 1 saturated heterocycles. The van der Waals surface area contributed by atoms with Gasteiger partial charge in [0.2, 0.25) is 0 Å². The lowest BCUT2D eigenvalue weighted by Gasteiger charge is -2.35. The van der Waals surface area contributed by atoms with Crippen molar-refractivity contribution in [2.24, 2.45) is 17.6 Å². The molecule has 1 rings (SSSR count). The van der Waals surface area contributed by atoms with Crippen molar-refractivity contribution in [3.8, 4) is 0 Å². The van der Waals surface area contributed by atoms with Gasteiger partial charge in [-0.05, 0) is 31.3 Å². The first-order valence-electron chi connectivity index (χ1n) is 6.76. The van der Waals surface area contributed by atoms with Crippen molar-refractivity contribution >= 4 is 0 Å². The summed E-state index contributed by atoms with van der Waals surface area (Å²) < 4.78 is 0. The van der Waals surface area contributed by atoms with E-state index in [1.807, 2.05) is 0 Å². The zero-order chi connectivity index (χ0) is 12.0. The van der Waals surface area contributed by atoms with Crippen molar-refractivity contribution in [2.75, 3.05) is 45.8 Å². The molecule has 96 valence electrons. The molecule has 3 nitrogen and oxygen atoms in total. The second-order valence-corrected chi connectivity index (χ2v) is 5.67. The highest BCUT2D eigenvalue weighted by Crippen LogP contribution is 2.07. The van der Waals surface area contributed by atoms with Crippen molar-refractivity contribution in [1.29, 1.82) is 0 Å². The third-order valence-corrected chi connectivity index (χ3v) is 3.43. The maximum atomic E-state index is 5.64. The van der Waals surface area contributed by atoms with Gasteiger partial charge in [0.05, 0.1) is 0 Å². The van der Waals surface area contributed by atoms with Crippen LogP contribution in [-0.2, 0) is 0 Å². The van der Waals surface area contributed by atoms with Crippen molar-refractivity contribution < 1.29 is 0 Å². The molecule has 1 aliphatic rings. The minimum absolute atomic E-state index is 0.675. The van der Waals surface area contributed by atoms with Crippen LogP contribution in [0.3, 0.4) is 0 Å². The highest BCUT2D eigenvalue weighted by Gasteiger charge is 2.17. The molecule has 0 aromatic rings. The van der Waals surface area contributed by atoms with Gasteiger partial charge in [-0.1, -0.05) is 20.8 Å². The predicted octanol–water partition coefficient (Wildman–Crippen LogP) is 1.24. The standard InChI is InChI=1S/C13H29N3/c1-12(2)11-16-8-6-15(7-9-16)5-4-13(3)10-14/h12-13H,4-11,14H2,1-3H3. The van der Waals surface area contributed by atoms with Crippen LogP contribution in [-0.4, -0.2) is 55.6 Å². The molecule has 1 atom stereocenters. The van der Waals surface area contributed by atoms with Gasteiger partial charge >= 0.3 is 0 Å². The molecule has 1 aliphatic heterocycles. The van der Waals surface area contributed by atoms with Crippen LogP contribution >= 0.6 is 0 Å². The summed E-state index contributed by atoms with van der Waals surface area (Å²) in [5, 5.41) is 0. The summed E-state index contributed by atoms with van der Waals surface area (Å²) in [5.74, 6) is 1.47. The molecule has 0 radical (unpaired) electrons. The molecule has 0 aliphatic carbocycles. The Balaban J connectivity index is 2.12. The van der Waals surface area contributed by atoms with E-state index in [1.54, 1.807) is 0 Å². The first kappa shape index (κ1) is 13.9. The summed E-state index contributed by atoms with van der Waals surface area (Å²) in [6.07, 6.45) is 1.25. The highest BCUT2D eigenvalue weighted by molar-refractivity contribution is 4.73. The Morgan fingerprint density at radius 1 is 1.00 bits per heavy atom. The van der Waals surface area contributed by atoms with Crippen molar-refractivity contribution in [1.82, 2.24) is 9.80 Å². The van der Waals surface area contributed by atoms with Crippen molar-refractivity contribution in [3.63, 3.8) is 0 Å². The summed E-state index contributed by atoms with van der Waals surface area (Å²) in [5.41, 5.74) is 5.64. The third kappa shape index (κ3) is 5.28. The van der Waals surface area contributed by atoms with Gasteiger partial charge in [-0.25, -0.2) is 0 Å². The quantitative estimate of drug-likeness (QED) is 0.741. The molecule has 16 heavy (non-hydrogen) atoms. The fraction of sp³-hybridized carbons (Fsp3) is 1.00. The van der Waals surface area contributed by atoms with Gasteiger partial charge in [0.15, 0.2) is 0 Å². The fourth-order valence-electron chi connectivity index (χ4n) is 2.23. The van der Waals surface area contributed by atoms with E-state index in [4.69, 9.17) is 5.73 Å². The van der Waals surface area contributed by atoms with Crippen molar-refractivity contribution in [3.05, 3.63) is 0 Å². The number of hydrogen-bond acceptors (Lipinski definition) is 3. The molecular weight excluding hydrogens is 198 g/mol. The van der Waals surface area contributed by atoms with E-state index >= 15 is 0 Å². The Bertz CT molecular complexity index is 174. The Hall–Kier alpha value is -0.120. The Morgan fingerprint density at radius 3 is 2.06 bits per heavy atom. The van der Waals surface area contributed by atoms with Crippen LogP contribution in [0.1, 0.15) is 27.2 Å². The molecule has 0 saturated carbocycles. The molecule has 1 unspecified atom stereocenters. The molecule has 1 fully saturated rings. The minimum Gasteiger partial charge on any atom is -0.330 e. The van der Waals surface area contributed by atoms with Crippen LogP contribution in [0.5, 0.6) is 0 Å². The lowest BCUT2D eigenvalue weighted by atomic mass is 10.1. The van der Waals surface area contributed by atoms with E-state index in [2.05, 4.69) is 30.6 Å².